The maximum absolute atomic E-state index is 9.24. The lowest BCUT2D eigenvalue weighted by Crippen LogP contribution is -2.41. The summed E-state index contributed by atoms with van der Waals surface area (Å²) in [5.41, 5.74) is 5.27. The van der Waals surface area contributed by atoms with Crippen LogP contribution in [0.1, 0.15) is 175 Å². The first-order chi connectivity index (χ1) is 39.7. The van der Waals surface area contributed by atoms with Gasteiger partial charge in [-0.1, -0.05) is 77.4 Å². The van der Waals surface area contributed by atoms with Crippen LogP contribution in [0.3, 0.4) is 0 Å². The second kappa shape index (κ2) is 27.4. The van der Waals surface area contributed by atoms with Crippen LogP contribution >= 0.6 is 11.6 Å². The standard InChI is InChI=1S/C31H45N5O2Si.C22H33ClN4OSi.C9H13NO/c1-22(38-39(7,8)31(2,3)4)30-34-27-20-33-29(35(5)21-24-11-15-26(37-6)16-12-24)19-28(27)36(30)25-13-9-23(10-14-25)17-18-32;1-15(28-29(5,6)22(2,3)4)21-26-18-14-25-20(23)13-19(18)27(21)17-9-7-16(8-10-17)11-12-24;1-10-7-8-3-5-9(11-2)6-4-8/h11-12,15-16,19-20,22-23,25H,9-10,13-14,17,21H2,1-8H3;13-17H,7-11H2,1-6H3;3-6,10H,7H2,1-2H3/t22-,23?,25?;15-,16?,17?;/m11./s1/i5D3;;1D3. The number of hydrogen-bond acceptors (Lipinski definition) is 12. The van der Waals surface area contributed by atoms with Crippen LogP contribution in [0.5, 0.6) is 11.5 Å². The highest BCUT2D eigenvalue weighted by Crippen LogP contribution is 2.45. The molecule has 0 unspecified atom stereocenters. The van der Waals surface area contributed by atoms with Crippen LogP contribution in [0, 0.1) is 34.5 Å². The first kappa shape index (κ1) is 54.3. The smallest absolute Gasteiger partial charge is 0.193 e. The van der Waals surface area contributed by atoms with Gasteiger partial charge in [0.2, 0.25) is 0 Å². The van der Waals surface area contributed by atoms with E-state index in [2.05, 4.69) is 118 Å². The fourth-order valence-corrected chi connectivity index (χ4v) is 13.0. The van der Waals surface area contributed by atoms with E-state index in [0.717, 1.165) is 102 Å². The molecule has 2 saturated carbocycles. The van der Waals surface area contributed by atoms with Crippen molar-refractivity contribution in [2.45, 2.75) is 193 Å². The van der Waals surface area contributed by atoms with Crippen molar-refractivity contribution in [2.24, 2.45) is 11.8 Å². The quantitative estimate of drug-likeness (QED) is 0.0681. The number of anilines is 1. The van der Waals surface area contributed by atoms with Gasteiger partial charge in [-0.3, -0.25) is 0 Å². The predicted octanol–water partition coefficient (Wildman–Crippen LogP) is 16.0. The summed E-state index contributed by atoms with van der Waals surface area (Å²) in [5.74, 6) is 4.61. The number of halogens is 1. The van der Waals surface area contributed by atoms with E-state index in [1.807, 2.05) is 48.5 Å². The molecule has 14 nitrogen and oxygen atoms in total. The van der Waals surface area contributed by atoms with E-state index >= 15 is 0 Å². The average Bonchev–Trinajstić information content (AvgIpc) is 2.58. The first-order valence-electron chi connectivity index (χ1n) is 31.0. The molecule has 0 aliphatic heterocycles. The summed E-state index contributed by atoms with van der Waals surface area (Å²) in [4.78, 5) is 20.2. The van der Waals surface area contributed by atoms with E-state index in [4.69, 9.17) is 53.4 Å². The predicted molar refractivity (Wildman–Crippen MR) is 327 cm³/mol. The molecule has 428 valence electrons. The SMILES string of the molecule is C[C@@H](O[Si](C)(C)C(C)(C)C)c1nc2cnc(Cl)cc2n1C1CCC(CC#N)CC1.[2H]C([2H])([2H])N(Cc1ccc(OC)cc1)c1cc2c(cn1)nc([C@@H](C)O[Si](C)(C)C(C)(C)C)n2C1CCC(CC#N)CC1.[2H]C([2H])([2H])NCc1ccc(OC)cc1. The second-order valence-electron chi connectivity index (χ2n) is 24.5. The van der Waals surface area contributed by atoms with Gasteiger partial charge in [0.1, 0.15) is 57.4 Å². The minimum Gasteiger partial charge on any atom is -0.497 e. The van der Waals surface area contributed by atoms with Crippen LogP contribution in [-0.2, 0) is 21.9 Å². The molecule has 2 aliphatic rings. The zero-order chi connectivity index (χ0) is 62.9. The van der Waals surface area contributed by atoms with Gasteiger partial charge in [0, 0.05) is 65.3 Å². The van der Waals surface area contributed by atoms with Gasteiger partial charge in [0.05, 0.1) is 49.8 Å². The number of nitriles is 2. The normalized spacial score (nSPS) is 20.2. The molecule has 17 heteroatoms. The summed E-state index contributed by atoms with van der Waals surface area (Å²) >= 11 is 6.24. The monoisotopic (exact) mass is 1140 g/mol. The highest BCUT2D eigenvalue weighted by molar-refractivity contribution is 6.74. The maximum Gasteiger partial charge on any atom is 0.193 e. The number of aromatic nitrogens is 6. The molecular weight excluding hydrogens is 1040 g/mol. The fourth-order valence-electron chi connectivity index (χ4n) is 10.1. The molecule has 0 saturated heterocycles. The number of ether oxygens (including phenoxy) is 2. The van der Waals surface area contributed by atoms with Gasteiger partial charge >= 0.3 is 0 Å². The van der Waals surface area contributed by atoms with Crippen LogP contribution in [0.25, 0.3) is 22.1 Å². The molecule has 0 amide bonds. The van der Waals surface area contributed by atoms with Crippen molar-refractivity contribution in [1.29, 1.82) is 10.5 Å². The Bertz CT molecular complexity index is 3200. The molecule has 4 aromatic heterocycles. The van der Waals surface area contributed by atoms with Gasteiger partial charge < -0.3 is 37.7 Å². The van der Waals surface area contributed by atoms with Gasteiger partial charge in [-0.15, -0.1) is 0 Å². The molecule has 1 N–H and O–H groups in total. The molecule has 0 radical (unpaired) electrons. The summed E-state index contributed by atoms with van der Waals surface area (Å²) in [6, 6.07) is 23.7. The summed E-state index contributed by atoms with van der Waals surface area (Å²) in [5, 5.41) is 21.4. The molecule has 79 heavy (non-hydrogen) atoms. The Labute approximate surface area is 488 Å². The van der Waals surface area contributed by atoms with Crippen LogP contribution in [0.2, 0.25) is 41.4 Å². The zero-order valence-corrected chi connectivity index (χ0v) is 52.2. The third kappa shape index (κ3) is 16.2. The number of pyridine rings is 2. The van der Waals surface area contributed by atoms with Gasteiger partial charge in [-0.25, -0.2) is 19.9 Å². The van der Waals surface area contributed by atoms with E-state index < -0.39 is 30.6 Å². The summed E-state index contributed by atoms with van der Waals surface area (Å²) in [6.45, 7) is 22.7. The van der Waals surface area contributed by atoms with Crippen molar-refractivity contribution < 1.29 is 26.6 Å². The molecule has 2 fully saturated rings. The van der Waals surface area contributed by atoms with Crippen molar-refractivity contribution in [3.8, 4) is 23.6 Å². The van der Waals surface area contributed by atoms with Crippen molar-refractivity contribution in [3.63, 3.8) is 0 Å². The maximum atomic E-state index is 9.24. The van der Waals surface area contributed by atoms with Gasteiger partial charge in [-0.2, -0.15) is 10.5 Å². The molecule has 0 bridgehead atoms. The van der Waals surface area contributed by atoms with E-state index in [1.165, 1.54) is 4.90 Å². The van der Waals surface area contributed by atoms with Crippen LogP contribution in [-0.4, -0.2) is 73.9 Å². The molecule has 6 aromatic rings. The fraction of sp³-hybridized carbons (Fsp3) is 0.581. The molecular formula is C62H91ClN10O4Si2. The van der Waals surface area contributed by atoms with Crippen LogP contribution in [0.4, 0.5) is 5.82 Å². The van der Waals surface area contributed by atoms with Gasteiger partial charge in [0.15, 0.2) is 16.6 Å². The number of rotatable bonds is 17. The Morgan fingerprint density at radius 1 is 0.684 bits per heavy atom. The molecule has 2 atom stereocenters. The zero-order valence-electron chi connectivity index (χ0n) is 55.4. The minimum absolute atomic E-state index is 0.0455. The molecule has 8 rings (SSSR count). The third-order valence-electron chi connectivity index (χ3n) is 16.8. The summed E-state index contributed by atoms with van der Waals surface area (Å²) < 4.78 is 74.3. The molecule has 0 spiro atoms. The average molecular weight is 1140 g/mol. The van der Waals surface area contributed by atoms with Crippen LogP contribution in [0.15, 0.2) is 73.1 Å². The molecule has 2 aromatic carbocycles. The van der Waals surface area contributed by atoms with Gasteiger partial charge in [-0.05, 0) is 156 Å². The lowest BCUT2D eigenvalue weighted by atomic mass is 9.84. The minimum atomic E-state index is -2.40. The van der Waals surface area contributed by atoms with E-state index in [0.29, 0.717) is 54.0 Å². The third-order valence-corrected chi connectivity index (χ3v) is 26.1. The van der Waals surface area contributed by atoms with Crippen molar-refractivity contribution in [1.82, 2.24) is 34.4 Å². The van der Waals surface area contributed by atoms with Crippen molar-refractivity contribution >= 4 is 56.1 Å². The van der Waals surface area contributed by atoms with Crippen molar-refractivity contribution in [2.75, 3.05) is 33.1 Å². The first-order valence-corrected chi connectivity index (χ1v) is 34.2. The lowest BCUT2D eigenvalue weighted by Gasteiger charge is -2.39. The highest BCUT2D eigenvalue weighted by Gasteiger charge is 2.41. The van der Waals surface area contributed by atoms with Crippen molar-refractivity contribution in [3.05, 3.63) is 101 Å². The number of imidazole rings is 2. The van der Waals surface area contributed by atoms with E-state index in [1.54, 1.807) is 38.7 Å². The summed E-state index contributed by atoms with van der Waals surface area (Å²) in [6.07, 6.45) is 12.4. The topological polar surface area (TPSA) is 161 Å². The largest absolute Gasteiger partial charge is 0.497 e. The summed E-state index contributed by atoms with van der Waals surface area (Å²) in [7, 11) is -0.831. The Kier molecular flexibility index (Phi) is 18.8. The Morgan fingerprint density at radius 2 is 1.11 bits per heavy atom. The lowest BCUT2D eigenvalue weighted by molar-refractivity contribution is 0.180. The second-order valence-corrected chi connectivity index (χ2v) is 34.4. The molecule has 4 heterocycles. The van der Waals surface area contributed by atoms with E-state index in [9.17, 15) is 5.26 Å². The number of benzene rings is 2. The number of fused-ring (bicyclic) bond motifs is 2. The number of methoxy groups -OCH3 is 2. The highest BCUT2D eigenvalue weighted by atomic mass is 35.5. The number of hydrogen-bond donors (Lipinski definition) is 1. The Morgan fingerprint density at radius 3 is 1.52 bits per heavy atom. The van der Waals surface area contributed by atoms with Crippen LogP contribution < -0.4 is 19.7 Å². The number of nitrogens with one attached hydrogen (secondary N) is 1. The molecule has 2 aliphatic carbocycles. The Hall–Kier alpha value is -5.34. The number of nitrogens with zero attached hydrogens (tertiary/aromatic N) is 9. The van der Waals surface area contributed by atoms with E-state index in [-0.39, 0.29) is 34.9 Å². The Balaban J connectivity index is 0.000000231. The van der Waals surface area contributed by atoms with Gasteiger partial charge in [0.25, 0.3) is 0 Å².